The highest BCUT2D eigenvalue weighted by molar-refractivity contribution is 5.75. The van der Waals surface area contributed by atoms with Crippen molar-refractivity contribution in [3.63, 3.8) is 0 Å². The zero-order chi connectivity index (χ0) is 13.7. The van der Waals surface area contributed by atoms with Crippen LogP contribution in [-0.4, -0.2) is 20.7 Å². The number of aromatic nitrogens is 3. The fraction of sp³-hybridized carbons (Fsp3) is 0.357. The van der Waals surface area contributed by atoms with Gasteiger partial charge in [-0.15, -0.1) is 10.2 Å². The number of nitrogens with zero attached hydrogens (tertiary/aromatic N) is 3. The van der Waals surface area contributed by atoms with Crippen LogP contribution in [0, 0.1) is 5.92 Å². The number of para-hydroxylation sites is 1. The largest absolute Gasteiger partial charge is 0.349 e. The van der Waals surface area contributed by atoms with Crippen LogP contribution >= 0.6 is 0 Å². The maximum absolute atomic E-state index is 11.6. The summed E-state index contributed by atoms with van der Waals surface area (Å²) in [6.07, 6.45) is 2.18. The van der Waals surface area contributed by atoms with Crippen LogP contribution < -0.4 is 5.32 Å². The van der Waals surface area contributed by atoms with Gasteiger partial charge in [-0.05, 0) is 18.1 Å². The van der Waals surface area contributed by atoms with E-state index in [1.807, 2.05) is 48.7 Å². The van der Waals surface area contributed by atoms with Gasteiger partial charge in [0.25, 0.3) is 0 Å². The van der Waals surface area contributed by atoms with Crippen molar-refractivity contribution in [3.05, 3.63) is 42.5 Å². The van der Waals surface area contributed by atoms with Crippen LogP contribution in [0.15, 0.2) is 36.7 Å². The third kappa shape index (κ3) is 3.64. The third-order valence-electron chi connectivity index (χ3n) is 2.69. The SMILES string of the molecule is CC(C)CC(=O)NCc1nncn1-c1ccccc1. The molecular formula is C14H18N4O. The normalized spacial score (nSPS) is 10.7. The Morgan fingerprint density at radius 3 is 2.74 bits per heavy atom. The number of amides is 1. The highest BCUT2D eigenvalue weighted by Gasteiger charge is 2.09. The molecule has 0 unspecified atom stereocenters. The van der Waals surface area contributed by atoms with Gasteiger partial charge in [0.05, 0.1) is 6.54 Å². The summed E-state index contributed by atoms with van der Waals surface area (Å²) in [5.41, 5.74) is 0.987. The molecule has 1 aromatic heterocycles. The van der Waals surface area contributed by atoms with Crippen LogP contribution in [0.2, 0.25) is 0 Å². The fourth-order valence-corrected chi connectivity index (χ4v) is 1.80. The van der Waals surface area contributed by atoms with E-state index in [2.05, 4.69) is 15.5 Å². The fourth-order valence-electron chi connectivity index (χ4n) is 1.80. The van der Waals surface area contributed by atoms with Crippen molar-refractivity contribution < 1.29 is 4.79 Å². The molecule has 0 saturated carbocycles. The first-order valence-corrected chi connectivity index (χ1v) is 6.38. The molecule has 0 fully saturated rings. The standard InChI is InChI=1S/C14H18N4O/c1-11(2)8-14(19)15-9-13-17-16-10-18(13)12-6-4-3-5-7-12/h3-7,10-11H,8-9H2,1-2H3,(H,15,19). The molecule has 0 saturated heterocycles. The predicted molar refractivity (Wildman–Crippen MR) is 72.7 cm³/mol. The van der Waals surface area contributed by atoms with E-state index in [0.717, 1.165) is 11.5 Å². The summed E-state index contributed by atoms with van der Waals surface area (Å²) < 4.78 is 1.87. The number of hydrogen-bond acceptors (Lipinski definition) is 3. The first kappa shape index (κ1) is 13.3. The molecule has 1 amide bonds. The monoisotopic (exact) mass is 258 g/mol. The summed E-state index contributed by atoms with van der Waals surface area (Å²) in [4.78, 5) is 11.6. The Morgan fingerprint density at radius 1 is 1.32 bits per heavy atom. The maximum atomic E-state index is 11.6. The maximum Gasteiger partial charge on any atom is 0.220 e. The van der Waals surface area contributed by atoms with E-state index in [4.69, 9.17) is 0 Å². The molecule has 5 nitrogen and oxygen atoms in total. The molecule has 100 valence electrons. The van der Waals surface area contributed by atoms with E-state index in [1.165, 1.54) is 0 Å². The molecular weight excluding hydrogens is 240 g/mol. The molecule has 0 aliphatic carbocycles. The Kier molecular flexibility index (Phi) is 4.28. The zero-order valence-corrected chi connectivity index (χ0v) is 11.2. The van der Waals surface area contributed by atoms with Gasteiger partial charge in [0.2, 0.25) is 5.91 Å². The summed E-state index contributed by atoms with van der Waals surface area (Å²) in [5, 5.41) is 10.8. The molecule has 0 radical (unpaired) electrons. The van der Waals surface area contributed by atoms with Crippen LogP contribution in [0.25, 0.3) is 5.69 Å². The lowest BCUT2D eigenvalue weighted by atomic mass is 10.1. The Morgan fingerprint density at radius 2 is 2.05 bits per heavy atom. The Bertz CT molecular complexity index is 533. The van der Waals surface area contributed by atoms with E-state index in [1.54, 1.807) is 6.33 Å². The Balaban J connectivity index is 2.03. The topological polar surface area (TPSA) is 59.8 Å². The van der Waals surface area contributed by atoms with Crippen molar-refractivity contribution >= 4 is 5.91 Å². The van der Waals surface area contributed by atoms with Gasteiger partial charge in [0.15, 0.2) is 5.82 Å². The number of rotatable bonds is 5. The van der Waals surface area contributed by atoms with E-state index in [-0.39, 0.29) is 5.91 Å². The van der Waals surface area contributed by atoms with Gasteiger partial charge < -0.3 is 5.32 Å². The van der Waals surface area contributed by atoms with Crippen LogP contribution in [0.4, 0.5) is 0 Å². The van der Waals surface area contributed by atoms with Gasteiger partial charge in [-0.2, -0.15) is 0 Å². The van der Waals surface area contributed by atoms with Gasteiger partial charge in [0, 0.05) is 12.1 Å². The molecule has 1 aromatic carbocycles. The van der Waals surface area contributed by atoms with Gasteiger partial charge in [-0.1, -0.05) is 32.0 Å². The smallest absolute Gasteiger partial charge is 0.220 e. The highest BCUT2D eigenvalue weighted by atomic mass is 16.1. The van der Waals surface area contributed by atoms with Crippen LogP contribution in [0.1, 0.15) is 26.1 Å². The molecule has 1 N–H and O–H groups in total. The molecule has 0 atom stereocenters. The van der Waals surface area contributed by atoms with Crippen LogP contribution in [0.3, 0.4) is 0 Å². The van der Waals surface area contributed by atoms with Gasteiger partial charge >= 0.3 is 0 Å². The molecule has 5 heteroatoms. The number of benzene rings is 1. The number of hydrogen-bond donors (Lipinski definition) is 1. The van der Waals surface area contributed by atoms with E-state index in [9.17, 15) is 4.79 Å². The molecule has 0 aliphatic rings. The number of nitrogens with one attached hydrogen (secondary N) is 1. The number of carbonyl (C=O) groups excluding carboxylic acids is 1. The highest BCUT2D eigenvalue weighted by Crippen LogP contribution is 2.08. The number of carbonyl (C=O) groups is 1. The van der Waals surface area contributed by atoms with Gasteiger partial charge in [-0.3, -0.25) is 9.36 Å². The van der Waals surface area contributed by atoms with E-state index < -0.39 is 0 Å². The second-order valence-electron chi connectivity index (χ2n) is 4.83. The molecule has 2 rings (SSSR count). The van der Waals surface area contributed by atoms with Crippen molar-refractivity contribution in [1.29, 1.82) is 0 Å². The molecule has 1 heterocycles. The molecule has 2 aromatic rings. The first-order chi connectivity index (χ1) is 9.16. The molecule has 0 aliphatic heterocycles. The summed E-state index contributed by atoms with van der Waals surface area (Å²) in [6, 6.07) is 9.82. The minimum absolute atomic E-state index is 0.0395. The van der Waals surface area contributed by atoms with Crippen molar-refractivity contribution in [2.75, 3.05) is 0 Å². The molecule has 19 heavy (non-hydrogen) atoms. The van der Waals surface area contributed by atoms with Crippen molar-refractivity contribution in [3.8, 4) is 5.69 Å². The lowest BCUT2D eigenvalue weighted by molar-refractivity contribution is -0.122. The minimum Gasteiger partial charge on any atom is -0.349 e. The summed E-state index contributed by atoms with van der Waals surface area (Å²) in [5.74, 6) is 1.12. The summed E-state index contributed by atoms with van der Waals surface area (Å²) in [7, 11) is 0. The van der Waals surface area contributed by atoms with Crippen molar-refractivity contribution in [2.45, 2.75) is 26.8 Å². The third-order valence-corrected chi connectivity index (χ3v) is 2.69. The average Bonchev–Trinajstić information content (AvgIpc) is 2.85. The lowest BCUT2D eigenvalue weighted by Gasteiger charge is -2.08. The summed E-state index contributed by atoms with van der Waals surface area (Å²) in [6.45, 7) is 4.43. The molecule has 0 spiro atoms. The zero-order valence-electron chi connectivity index (χ0n) is 11.2. The van der Waals surface area contributed by atoms with Gasteiger partial charge in [0.1, 0.15) is 6.33 Å². The summed E-state index contributed by atoms with van der Waals surface area (Å²) >= 11 is 0. The van der Waals surface area contributed by atoms with E-state index in [0.29, 0.717) is 18.9 Å². The average molecular weight is 258 g/mol. The predicted octanol–water partition coefficient (Wildman–Crippen LogP) is 1.93. The Labute approximate surface area is 112 Å². The second kappa shape index (κ2) is 6.13. The first-order valence-electron chi connectivity index (χ1n) is 6.38. The van der Waals surface area contributed by atoms with Crippen molar-refractivity contribution in [2.24, 2.45) is 5.92 Å². The lowest BCUT2D eigenvalue weighted by Crippen LogP contribution is -2.25. The molecule has 0 bridgehead atoms. The van der Waals surface area contributed by atoms with Crippen molar-refractivity contribution in [1.82, 2.24) is 20.1 Å². The second-order valence-corrected chi connectivity index (χ2v) is 4.83. The minimum atomic E-state index is 0.0395. The van der Waals surface area contributed by atoms with Gasteiger partial charge in [-0.25, -0.2) is 0 Å². The van der Waals surface area contributed by atoms with Crippen LogP contribution in [0.5, 0.6) is 0 Å². The van der Waals surface area contributed by atoms with Crippen LogP contribution in [-0.2, 0) is 11.3 Å². The quantitative estimate of drug-likeness (QED) is 0.891. The van der Waals surface area contributed by atoms with E-state index >= 15 is 0 Å². The Hall–Kier alpha value is -2.17.